The second-order valence-corrected chi connectivity index (χ2v) is 10.2. The molecule has 0 aliphatic carbocycles. The lowest BCUT2D eigenvalue weighted by Crippen LogP contribution is -2.47. The molecule has 1 amide bonds. The van der Waals surface area contributed by atoms with Crippen molar-refractivity contribution in [2.45, 2.75) is 64.1 Å². The molecule has 5 heteroatoms. The molecule has 2 fully saturated rings. The van der Waals surface area contributed by atoms with Gasteiger partial charge in [0.1, 0.15) is 17.1 Å². The summed E-state index contributed by atoms with van der Waals surface area (Å²) >= 11 is 3.66. The molecular weight excluding hydrogens is 442 g/mol. The number of carbonyl (C=O) groups is 1. The Morgan fingerprint density at radius 1 is 1.03 bits per heavy atom. The normalized spacial score (nSPS) is 24.7. The van der Waals surface area contributed by atoms with Crippen LogP contribution in [0.25, 0.3) is 5.57 Å². The number of para-hydroxylation sites is 2. The molecule has 3 aliphatic rings. The van der Waals surface area contributed by atoms with Crippen molar-refractivity contribution in [1.82, 2.24) is 4.90 Å². The number of piperidine rings is 1. The van der Waals surface area contributed by atoms with Crippen LogP contribution in [0.5, 0.6) is 11.5 Å². The van der Waals surface area contributed by atoms with Gasteiger partial charge in [0, 0.05) is 23.2 Å². The maximum atomic E-state index is 12.9. The van der Waals surface area contributed by atoms with E-state index in [1.807, 2.05) is 43.9 Å². The molecule has 0 unspecified atom stereocenters. The first kappa shape index (κ1) is 19.7. The second kappa shape index (κ2) is 7.16. The van der Waals surface area contributed by atoms with Gasteiger partial charge in [0.05, 0.1) is 4.47 Å². The van der Waals surface area contributed by atoms with E-state index in [1.165, 1.54) is 11.1 Å². The Morgan fingerprint density at radius 2 is 1.70 bits per heavy atom. The summed E-state index contributed by atoms with van der Waals surface area (Å²) in [5, 5.41) is 0. The molecule has 2 bridgehead atoms. The fourth-order valence-electron chi connectivity index (χ4n) is 5.04. The van der Waals surface area contributed by atoms with Gasteiger partial charge in [-0.15, -0.1) is 0 Å². The van der Waals surface area contributed by atoms with E-state index in [9.17, 15) is 4.79 Å². The van der Waals surface area contributed by atoms with Gasteiger partial charge in [-0.2, -0.15) is 0 Å². The average molecular weight is 468 g/mol. The third-order valence-electron chi connectivity index (χ3n) is 6.15. The molecule has 156 valence electrons. The van der Waals surface area contributed by atoms with Gasteiger partial charge < -0.3 is 14.4 Å². The highest BCUT2D eigenvalue weighted by Gasteiger charge is 2.44. The minimum absolute atomic E-state index is 0.172. The van der Waals surface area contributed by atoms with E-state index in [0.29, 0.717) is 0 Å². The van der Waals surface area contributed by atoms with Crippen LogP contribution in [0.3, 0.4) is 0 Å². The highest BCUT2D eigenvalue weighted by Crippen LogP contribution is 2.51. The molecule has 0 aromatic heterocycles. The molecule has 0 spiro atoms. The average Bonchev–Trinajstić information content (AvgIpc) is 2.96. The van der Waals surface area contributed by atoms with E-state index in [2.05, 4.69) is 40.2 Å². The predicted octanol–water partition coefficient (Wildman–Crippen LogP) is 6.92. The molecular formula is C25H26BrNO3. The van der Waals surface area contributed by atoms with Crippen LogP contribution < -0.4 is 4.74 Å². The first-order valence-corrected chi connectivity index (χ1v) is 11.4. The van der Waals surface area contributed by atoms with Gasteiger partial charge in [0.25, 0.3) is 0 Å². The van der Waals surface area contributed by atoms with Crippen molar-refractivity contribution >= 4 is 27.6 Å². The standard InChI is InChI=1S/C25H26BrNO3/c1-25(2,3)30-24(28)27-16-11-12-17(27)14-15(13-16)22-18-7-4-5-10-21(18)29-23-19(22)8-6-9-20(23)26/h4-10,16-17H,11-14H2,1-3H3/t16-,17+. The number of ether oxygens (including phenoxy) is 2. The third kappa shape index (κ3) is 3.33. The Kier molecular flexibility index (Phi) is 4.69. The highest BCUT2D eigenvalue weighted by molar-refractivity contribution is 9.10. The summed E-state index contributed by atoms with van der Waals surface area (Å²) in [6.07, 6.45) is 3.65. The lowest BCUT2D eigenvalue weighted by molar-refractivity contribution is 0.0115. The lowest BCUT2D eigenvalue weighted by atomic mass is 9.84. The van der Waals surface area contributed by atoms with Crippen LogP contribution in [0, 0.1) is 0 Å². The third-order valence-corrected chi connectivity index (χ3v) is 6.77. The van der Waals surface area contributed by atoms with Gasteiger partial charge in [-0.25, -0.2) is 4.79 Å². The maximum Gasteiger partial charge on any atom is 0.410 e. The Morgan fingerprint density at radius 3 is 2.40 bits per heavy atom. The van der Waals surface area contributed by atoms with Gasteiger partial charge in [-0.1, -0.05) is 35.9 Å². The summed E-state index contributed by atoms with van der Waals surface area (Å²) in [5.74, 6) is 1.77. The molecule has 0 saturated carbocycles. The van der Waals surface area contributed by atoms with E-state index in [-0.39, 0.29) is 18.2 Å². The van der Waals surface area contributed by atoms with Gasteiger partial charge >= 0.3 is 6.09 Å². The summed E-state index contributed by atoms with van der Waals surface area (Å²) in [4.78, 5) is 14.9. The van der Waals surface area contributed by atoms with Crippen LogP contribution in [0.2, 0.25) is 0 Å². The summed E-state index contributed by atoms with van der Waals surface area (Å²) in [7, 11) is 0. The number of hydrogen-bond acceptors (Lipinski definition) is 3. The van der Waals surface area contributed by atoms with Crippen LogP contribution in [0.4, 0.5) is 4.79 Å². The molecule has 3 heterocycles. The smallest absolute Gasteiger partial charge is 0.410 e. The van der Waals surface area contributed by atoms with Crippen molar-refractivity contribution in [3.63, 3.8) is 0 Å². The van der Waals surface area contributed by atoms with Crippen molar-refractivity contribution in [3.8, 4) is 11.5 Å². The number of amides is 1. The van der Waals surface area contributed by atoms with Crippen molar-refractivity contribution in [2.75, 3.05) is 0 Å². The summed E-state index contributed by atoms with van der Waals surface area (Å²) < 4.78 is 12.9. The van der Waals surface area contributed by atoms with Crippen LogP contribution in [0.1, 0.15) is 57.6 Å². The molecule has 2 aromatic carbocycles. The Hall–Kier alpha value is -2.27. The van der Waals surface area contributed by atoms with Crippen molar-refractivity contribution in [3.05, 3.63) is 63.6 Å². The molecule has 2 saturated heterocycles. The fraction of sp³-hybridized carbons (Fsp3) is 0.400. The van der Waals surface area contributed by atoms with E-state index in [0.717, 1.165) is 52.8 Å². The molecule has 2 aromatic rings. The number of fused-ring (bicyclic) bond motifs is 4. The van der Waals surface area contributed by atoms with Gasteiger partial charge in [-0.3, -0.25) is 0 Å². The number of nitrogens with zero attached hydrogens (tertiary/aromatic N) is 1. The predicted molar refractivity (Wildman–Crippen MR) is 121 cm³/mol. The zero-order valence-corrected chi connectivity index (χ0v) is 19.2. The molecule has 2 atom stereocenters. The second-order valence-electron chi connectivity index (χ2n) is 9.37. The monoisotopic (exact) mass is 467 g/mol. The number of rotatable bonds is 0. The number of carbonyl (C=O) groups excluding carboxylic acids is 1. The molecule has 4 nitrogen and oxygen atoms in total. The van der Waals surface area contributed by atoms with Crippen molar-refractivity contribution < 1.29 is 14.3 Å². The SMILES string of the molecule is CC(C)(C)OC(=O)N1[C@@H]2CC[C@H]1CC(=C1c3ccccc3Oc3c(Br)cccc31)C2. The molecule has 5 rings (SSSR count). The molecule has 3 aliphatic heterocycles. The summed E-state index contributed by atoms with van der Waals surface area (Å²) in [5.41, 5.74) is 4.48. The number of benzene rings is 2. The van der Waals surface area contributed by atoms with E-state index in [4.69, 9.17) is 9.47 Å². The molecule has 0 N–H and O–H groups in total. The number of halogens is 1. The summed E-state index contributed by atoms with van der Waals surface area (Å²) in [6.45, 7) is 5.79. The lowest BCUT2D eigenvalue weighted by Gasteiger charge is -2.38. The van der Waals surface area contributed by atoms with Crippen molar-refractivity contribution in [1.29, 1.82) is 0 Å². The van der Waals surface area contributed by atoms with Crippen LogP contribution in [0.15, 0.2) is 52.5 Å². The Bertz CT molecular complexity index is 1040. The molecule has 30 heavy (non-hydrogen) atoms. The Balaban J connectivity index is 1.56. The first-order chi connectivity index (χ1) is 14.3. The Labute approximate surface area is 186 Å². The van der Waals surface area contributed by atoms with Crippen LogP contribution in [-0.4, -0.2) is 28.7 Å². The zero-order chi connectivity index (χ0) is 21.0. The van der Waals surface area contributed by atoms with Crippen molar-refractivity contribution in [2.24, 2.45) is 0 Å². The van der Waals surface area contributed by atoms with E-state index in [1.54, 1.807) is 0 Å². The largest absolute Gasteiger partial charge is 0.455 e. The molecule has 0 radical (unpaired) electrons. The highest BCUT2D eigenvalue weighted by atomic mass is 79.9. The van der Waals surface area contributed by atoms with Crippen LogP contribution in [-0.2, 0) is 4.74 Å². The van der Waals surface area contributed by atoms with Crippen LogP contribution >= 0.6 is 15.9 Å². The van der Waals surface area contributed by atoms with Gasteiger partial charge in [0.2, 0.25) is 0 Å². The quantitative estimate of drug-likeness (QED) is 0.360. The van der Waals surface area contributed by atoms with E-state index < -0.39 is 5.60 Å². The van der Waals surface area contributed by atoms with Gasteiger partial charge in [-0.05, 0) is 80.1 Å². The summed E-state index contributed by atoms with van der Waals surface area (Å²) in [6, 6.07) is 14.9. The zero-order valence-electron chi connectivity index (χ0n) is 17.6. The van der Waals surface area contributed by atoms with Gasteiger partial charge in [0.15, 0.2) is 0 Å². The minimum atomic E-state index is -0.472. The fourth-order valence-corrected chi connectivity index (χ4v) is 5.49. The first-order valence-electron chi connectivity index (χ1n) is 10.6. The number of hydrogen-bond donors (Lipinski definition) is 0. The topological polar surface area (TPSA) is 38.8 Å². The van der Waals surface area contributed by atoms with E-state index >= 15 is 0 Å². The maximum absolute atomic E-state index is 12.9. The minimum Gasteiger partial charge on any atom is -0.455 e.